The number of para-hydroxylation sites is 1. The van der Waals surface area contributed by atoms with Crippen LogP contribution in [0.1, 0.15) is 31.7 Å². The topological polar surface area (TPSA) is 32.3 Å². The maximum absolute atomic E-state index is 11.8. The first-order valence-electron chi connectivity index (χ1n) is 5.74. The van der Waals surface area contributed by atoms with E-state index in [1.807, 2.05) is 19.2 Å². The molecule has 0 unspecified atom stereocenters. The Balaban J connectivity index is 2.57. The predicted octanol–water partition coefficient (Wildman–Crippen LogP) is 2.59. The molecule has 3 heteroatoms. The molecule has 3 nitrogen and oxygen atoms in total. The minimum absolute atomic E-state index is 0.180. The Labute approximate surface area is 96.5 Å². The molecule has 1 aromatic rings. The highest BCUT2D eigenvalue weighted by Gasteiger charge is 2.22. The number of nitrogens with one attached hydrogen (secondary N) is 1. The summed E-state index contributed by atoms with van der Waals surface area (Å²) < 4.78 is 0. The standard InChI is InChI=1S/C13H18N2O/c1-9(2)10-5-4-6-11-13(10)15(3)12(16)7-8-14-11/h4-6,9,14H,7-8H2,1-3H3. The molecule has 0 spiro atoms. The molecule has 2 rings (SSSR count). The van der Waals surface area contributed by atoms with Crippen molar-refractivity contribution in [1.29, 1.82) is 0 Å². The molecule has 1 aliphatic heterocycles. The van der Waals surface area contributed by atoms with Gasteiger partial charge in [0.05, 0.1) is 11.4 Å². The van der Waals surface area contributed by atoms with Crippen LogP contribution in [0.2, 0.25) is 0 Å². The lowest BCUT2D eigenvalue weighted by atomic mass is 9.99. The van der Waals surface area contributed by atoms with Crippen LogP contribution < -0.4 is 10.2 Å². The minimum atomic E-state index is 0.180. The Morgan fingerprint density at radius 1 is 1.38 bits per heavy atom. The van der Waals surface area contributed by atoms with Crippen molar-refractivity contribution in [2.75, 3.05) is 23.8 Å². The highest BCUT2D eigenvalue weighted by molar-refractivity contribution is 5.99. The van der Waals surface area contributed by atoms with Gasteiger partial charge in [0, 0.05) is 20.0 Å². The average Bonchev–Trinajstić information content (AvgIpc) is 2.40. The summed E-state index contributed by atoms with van der Waals surface area (Å²) in [5.41, 5.74) is 3.34. The summed E-state index contributed by atoms with van der Waals surface area (Å²) >= 11 is 0. The van der Waals surface area contributed by atoms with Crippen LogP contribution in [0.3, 0.4) is 0 Å². The van der Waals surface area contributed by atoms with Gasteiger partial charge in [-0.1, -0.05) is 26.0 Å². The lowest BCUT2D eigenvalue weighted by molar-refractivity contribution is -0.118. The zero-order chi connectivity index (χ0) is 11.7. The van der Waals surface area contributed by atoms with Gasteiger partial charge in [-0.05, 0) is 17.5 Å². The molecule has 1 N–H and O–H groups in total. The number of carbonyl (C=O) groups is 1. The molecule has 0 fully saturated rings. The fourth-order valence-corrected chi connectivity index (χ4v) is 2.14. The number of rotatable bonds is 1. The number of anilines is 2. The molecule has 16 heavy (non-hydrogen) atoms. The van der Waals surface area contributed by atoms with E-state index in [1.165, 1.54) is 5.56 Å². The Morgan fingerprint density at radius 3 is 2.81 bits per heavy atom. The van der Waals surface area contributed by atoms with Gasteiger partial charge in [-0.3, -0.25) is 4.79 Å². The SMILES string of the molecule is CC(C)c1cccc2c1N(C)C(=O)CCN2. The van der Waals surface area contributed by atoms with Gasteiger partial charge in [-0.15, -0.1) is 0 Å². The van der Waals surface area contributed by atoms with Crippen LogP contribution in [0.4, 0.5) is 11.4 Å². The molecule has 0 aromatic heterocycles. The predicted molar refractivity (Wildman–Crippen MR) is 67.0 cm³/mol. The first-order chi connectivity index (χ1) is 7.61. The van der Waals surface area contributed by atoms with Crippen LogP contribution in [-0.4, -0.2) is 19.5 Å². The molecule has 1 heterocycles. The van der Waals surface area contributed by atoms with E-state index in [0.29, 0.717) is 12.3 Å². The molecule has 0 radical (unpaired) electrons. The van der Waals surface area contributed by atoms with Gasteiger partial charge < -0.3 is 10.2 Å². The maximum Gasteiger partial charge on any atom is 0.228 e. The third-order valence-corrected chi connectivity index (χ3v) is 3.05. The maximum atomic E-state index is 11.8. The molecule has 0 saturated carbocycles. The van der Waals surface area contributed by atoms with Crippen LogP contribution in [0.15, 0.2) is 18.2 Å². The third-order valence-electron chi connectivity index (χ3n) is 3.05. The van der Waals surface area contributed by atoms with Crippen molar-refractivity contribution in [1.82, 2.24) is 0 Å². The molecule has 1 amide bonds. The Kier molecular flexibility index (Phi) is 2.86. The van der Waals surface area contributed by atoms with E-state index in [0.717, 1.165) is 17.9 Å². The number of carbonyl (C=O) groups excluding carboxylic acids is 1. The largest absolute Gasteiger partial charge is 0.383 e. The van der Waals surface area contributed by atoms with Crippen LogP contribution in [0.25, 0.3) is 0 Å². The summed E-state index contributed by atoms with van der Waals surface area (Å²) in [6, 6.07) is 6.18. The number of hydrogen-bond donors (Lipinski definition) is 1. The molecule has 1 aromatic carbocycles. The van der Waals surface area contributed by atoms with Crippen molar-refractivity contribution in [3.63, 3.8) is 0 Å². The summed E-state index contributed by atoms with van der Waals surface area (Å²) in [6.07, 6.45) is 0.558. The Hall–Kier alpha value is -1.51. The van der Waals surface area contributed by atoms with Crippen LogP contribution in [0.5, 0.6) is 0 Å². The summed E-state index contributed by atoms with van der Waals surface area (Å²) in [7, 11) is 1.86. The number of amides is 1. The monoisotopic (exact) mass is 218 g/mol. The highest BCUT2D eigenvalue weighted by Crippen LogP contribution is 2.35. The molecule has 0 saturated heterocycles. The second-order valence-corrected chi connectivity index (χ2v) is 4.53. The zero-order valence-corrected chi connectivity index (χ0v) is 10.1. The van der Waals surface area contributed by atoms with E-state index >= 15 is 0 Å². The van der Waals surface area contributed by atoms with E-state index in [-0.39, 0.29) is 5.91 Å². The van der Waals surface area contributed by atoms with Crippen LogP contribution in [-0.2, 0) is 4.79 Å². The molecular weight excluding hydrogens is 200 g/mol. The van der Waals surface area contributed by atoms with Crippen molar-refractivity contribution >= 4 is 17.3 Å². The zero-order valence-electron chi connectivity index (χ0n) is 10.1. The number of benzene rings is 1. The fraction of sp³-hybridized carbons (Fsp3) is 0.462. The van der Waals surface area contributed by atoms with Crippen LogP contribution >= 0.6 is 0 Å². The first-order valence-corrected chi connectivity index (χ1v) is 5.74. The average molecular weight is 218 g/mol. The van der Waals surface area contributed by atoms with Gasteiger partial charge in [-0.25, -0.2) is 0 Å². The second kappa shape index (κ2) is 4.16. The molecule has 0 aliphatic carbocycles. The third kappa shape index (κ3) is 1.77. The molecule has 86 valence electrons. The Bertz CT molecular complexity index is 412. The van der Waals surface area contributed by atoms with E-state index < -0.39 is 0 Å². The Morgan fingerprint density at radius 2 is 2.12 bits per heavy atom. The van der Waals surface area contributed by atoms with Gasteiger partial charge in [0.25, 0.3) is 0 Å². The normalized spacial score (nSPS) is 15.8. The van der Waals surface area contributed by atoms with Gasteiger partial charge in [0.2, 0.25) is 5.91 Å². The van der Waals surface area contributed by atoms with E-state index in [9.17, 15) is 4.79 Å². The van der Waals surface area contributed by atoms with Gasteiger partial charge in [0.1, 0.15) is 0 Å². The summed E-state index contributed by atoms with van der Waals surface area (Å²) in [4.78, 5) is 13.6. The summed E-state index contributed by atoms with van der Waals surface area (Å²) in [6.45, 7) is 5.02. The number of fused-ring (bicyclic) bond motifs is 1. The minimum Gasteiger partial charge on any atom is -0.383 e. The molecule has 0 atom stereocenters. The number of nitrogens with zero attached hydrogens (tertiary/aromatic N) is 1. The highest BCUT2D eigenvalue weighted by atomic mass is 16.2. The van der Waals surface area contributed by atoms with Gasteiger partial charge >= 0.3 is 0 Å². The van der Waals surface area contributed by atoms with E-state index in [1.54, 1.807) is 4.90 Å². The van der Waals surface area contributed by atoms with Crippen molar-refractivity contribution in [3.8, 4) is 0 Å². The van der Waals surface area contributed by atoms with Crippen molar-refractivity contribution in [3.05, 3.63) is 23.8 Å². The van der Waals surface area contributed by atoms with E-state index in [4.69, 9.17) is 0 Å². The fourth-order valence-electron chi connectivity index (χ4n) is 2.14. The van der Waals surface area contributed by atoms with Crippen LogP contribution in [0, 0.1) is 0 Å². The van der Waals surface area contributed by atoms with Gasteiger partial charge in [-0.2, -0.15) is 0 Å². The summed E-state index contributed by atoms with van der Waals surface area (Å²) in [5.74, 6) is 0.601. The molecular formula is C13H18N2O. The van der Waals surface area contributed by atoms with E-state index in [2.05, 4.69) is 25.2 Å². The molecule has 1 aliphatic rings. The lowest BCUT2D eigenvalue weighted by Crippen LogP contribution is -2.26. The lowest BCUT2D eigenvalue weighted by Gasteiger charge is -2.22. The van der Waals surface area contributed by atoms with Gasteiger partial charge in [0.15, 0.2) is 0 Å². The van der Waals surface area contributed by atoms with Crippen molar-refractivity contribution in [2.45, 2.75) is 26.2 Å². The molecule has 0 bridgehead atoms. The van der Waals surface area contributed by atoms with Crippen molar-refractivity contribution < 1.29 is 4.79 Å². The number of hydrogen-bond acceptors (Lipinski definition) is 2. The quantitative estimate of drug-likeness (QED) is 0.785. The summed E-state index contributed by atoms with van der Waals surface area (Å²) in [5, 5.41) is 3.32. The van der Waals surface area contributed by atoms with Crippen molar-refractivity contribution in [2.24, 2.45) is 0 Å². The first kappa shape index (κ1) is 11.0. The smallest absolute Gasteiger partial charge is 0.228 e. The second-order valence-electron chi connectivity index (χ2n) is 4.53.